The molecule has 2 unspecified atom stereocenters. The molecule has 1 aliphatic carbocycles. The summed E-state index contributed by atoms with van der Waals surface area (Å²) in [6.07, 6.45) is 6.15. The normalized spacial score (nSPS) is 23.1. The second-order valence-corrected chi connectivity index (χ2v) is 11.2. The minimum atomic E-state index is -0.722. The number of fused-ring (bicyclic) bond motifs is 1. The molecule has 1 aromatic carbocycles. The van der Waals surface area contributed by atoms with Crippen molar-refractivity contribution in [3.05, 3.63) is 29.8 Å². The van der Waals surface area contributed by atoms with Gasteiger partial charge in [0.05, 0.1) is 12.6 Å². The van der Waals surface area contributed by atoms with Crippen molar-refractivity contribution in [3.63, 3.8) is 0 Å². The third-order valence-corrected chi connectivity index (χ3v) is 7.90. The minimum Gasteiger partial charge on any atom is -0.378 e. The number of nitrogens with zero attached hydrogens (tertiary/aromatic N) is 3. The Labute approximate surface area is 214 Å². The van der Waals surface area contributed by atoms with E-state index in [-0.39, 0.29) is 47.9 Å². The van der Waals surface area contributed by atoms with Crippen molar-refractivity contribution in [1.82, 2.24) is 15.1 Å². The first-order valence-corrected chi connectivity index (χ1v) is 13.4. The van der Waals surface area contributed by atoms with E-state index in [9.17, 15) is 19.2 Å². The van der Waals surface area contributed by atoms with Crippen LogP contribution in [-0.4, -0.2) is 78.6 Å². The molecule has 8 nitrogen and oxygen atoms in total. The molecule has 2 saturated heterocycles. The summed E-state index contributed by atoms with van der Waals surface area (Å²) < 4.78 is 0. The van der Waals surface area contributed by atoms with E-state index in [1.807, 2.05) is 45.0 Å². The van der Waals surface area contributed by atoms with Gasteiger partial charge in [-0.2, -0.15) is 0 Å². The molecule has 1 aromatic rings. The molecule has 1 saturated carbocycles. The van der Waals surface area contributed by atoms with Crippen molar-refractivity contribution < 1.29 is 19.2 Å². The lowest BCUT2D eigenvalue weighted by Crippen LogP contribution is -2.53. The molecule has 3 aliphatic rings. The highest BCUT2D eigenvalue weighted by Gasteiger charge is 2.52. The van der Waals surface area contributed by atoms with Crippen LogP contribution in [-0.2, 0) is 14.4 Å². The summed E-state index contributed by atoms with van der Waals surface area (Å²) in [5.41, 5.74) is 1.47. The zero-order valence-corrected chi connectivity index (χ0v) is 22.0. The predicted molar refractivity (Wildman–Crippen MR) is 139 cm³/mol. The van der Waals surface area contributed by atoms with E-state index in [2.05, 4.69) is 5.32 Å². The first-order valence-electron chi connectivity index (χ1n) is 13.4. The SMILES string of the molecule is CC(C)C[C@H](NC(=O)c1ccc(N(C)C)cc1)C(=O)N1CCC2C1C(=O)CN2C(=O)C1CCCCC1. The molecule has 0 spiro atoms. The van der Waals surface area contributed by atoms with Gasteiger partial charge in [-0.1, -0.05) is 33.1 Å². The second-order valence-electron chi connectivity index (χ2n) is 11.2. The molecule has 8 heteroatoms. The van der Waals surface area contributed by atoms with Gasteiger partial charge in [0.2, 0.25) is 11.8 Å². The number of rotatable bonds is 7. The molecule has 1 N–H and O–H groups in total. The smallest absolute Gasteiger partial charge is 0.251 e. The molecular formula is C28H40N4O4. The fourth-order valence-electron chi connectivity index (χ4n) is 5.99. The molecule has 0 radical (unpaired) electrons. The van der Waals surface area contributed by atoms with Gasteiger partial charge in [-0.15, -0.1) is 0 Å². The first-order chi connectivity index (χ1) is 17.2. The Balaban J connectivity index is 1.46. The lowest BCUT2D eigenvalue weighted by molar-refractivity contribution is -0.138. The maximum atomic E-state index is 13.7. The lowest BCUT2D eigenvalue weighted by Gasteiger charge is -2.30. The average molecular weight is 497 g/mol. The highest BCUT2D eigenvalue weighted by molar-refractivity contribution is 6.01. The molecule has 36 heavy (non-hydrogen) atoms. The average Bonchev–Trinajstić information content (AvgIpc) is 3.44. The summed E-state index contributed by atoms with van der Waals surface area (Å²) in [5.74, 6) is -0.335. The van der Waals surface area contributed by atoms with Crippen LogP contribution in [0.3, 0.4) is 0 Å². The number of benzene rings is 1. The summed E-state index contributed by atoms with van der Waals surface area (Å²) in [4.78, 5) is 58.4. The molecule has 2 heterocycles. The number of carbonyl (C=O) groups excluding carboxylic acids is 4. The molecule has 3 fully saturated rings. The molecule has 3 amide bonds. The minimum absolute atomic E-state index is 0.00177. The molecule has 2 aliphatic heterocycles. The Morgan fingerprint density at radius 3 is 2.28 bits per heavy atom. The number of likely N-dealkylation sites (tertiary alicyclic amines) is 2. The van der Waals surface area contributed by atoms with Crippen LogP contribution in [0.25, 0.3) is 0 Å². The Morgan fingerprint density at radius 2 is 1.67 bits per heavy atom. The van der Waals surface area contributed by atoms with Crippen LogP contribution in [0.2, 0.25) is 0 Å². The largest absolute Gasteiger partial charge is 0.378 e. The van der Waals surface area contributed by atoms with Gasteiger partial charge in [-0.05, 0) is 55.9 Å². The summed E-state index contributed by atoms with van der Waals surface area (Å²) in [6.45, 7) is 4.54. The number of ketones is 1. The zero-order chi connectivity index (χ0) is 26.0. The number of Topliss-reactive ketones (excluding diaryl/α,β-unsaturated/α-hetero) is 1. The van der Waals surface area contributed by atoms with Crippen molar-refractivity contribution in [1.29, 1.82) is 0 Å². The van der Waals surface area contributed by atoms with Crippen molar-refractivity contribution in [2.24, 2.45) is 11.8 Å². The van der Waals surface area contributed by atoms with Gasteiger partial charge in [0.15, 0.2) is 5.78 Å². The van der Waals surface area contributed by atoms with Crippen molar-refractivity contribution >= 4 is 29.2 Å². The second kappa shape index (κ2) is 11.0. The maximum absolute atomic E-state index is 13.7. The fraction of sp³-hybridized carbons (Fsp3) is 0.643. The van der Waals surface area contributed by atoms with Crippen LogP contribution >= 0.6 is 0 Å². The fourth-order valence-corrected chi connectivity index (χ4v) is 5.99. The third-order valence-electron chi connectivity index (χ3n) is 7.90. The molecule has 0 bridgehead atoms. The lowest BCUT2D eigenvalue weighted by atomic mass is 9.88. The summed E-state index contributed by atoms with van der Waals surface area (Å²) >= 11 is 0. The molecule has 3 atom stereocenters. The van der Waals surface area contributed by atoms with Crippen molar-refractivity contribution in [2.75, 3.05) is 32.1 Å². The Bertz CT molecular complexity index is 984. The van der Waals surface area contributed by atoms with Gasteiger partial charge in [-0.25, -0.2) is 0 Å². The number of carbonyl (C=O) groups is 4. The van der Waals surface area contributed by atoms with E-state index in [1.165, 1.54) is 6.42 Å². The number of nitrogens with one attached hydrogen (secondary N) is 1. The molecule has 4 rings (SSSR count). The van der Waals surface area contributed by atoms with Crippen LogP contribution in [0.4, 0.5) is 5.69 Å². The van der Waals surface area contributed by atoms with Crippen LogP contribution in [0, 0.1) is 11.8 Å². The van der Waals surface area contributed by atoms with Crippen LogP contribution in [0.5, 0.6) is 0 Å². The topological polar surface area (TPSA) is 90.0 Å². The Morgan fingerprint density at radius 1 is 1.00 bits per heavy atom. The van der Waals surface area contributed by atoms with Crippen LogP contribution in [0.15, 0.2) is 24.3 Å². The number of anilines is 1. The van der Waals surface area contributed by atoms with Gasteiger partial charge < -0.3 is 20.0 Å². The zero-order valence-electron chi connectivity index (χ0n) is 22.0. The van der Waals surface area contributed by atoms with Crippen molar-refractivity contribution in [3.8, 4) is 0 Å². The third kappa shape index (κ3) is 5.42. The molecular weight excluding hydrogens is 456 g/mol. The van der Waals surface area contributed by atoms with Gasteiger partial charge in [0.25, 0.3) is 5.91 Å². The maximum Gasteiger partial charge on any atom is 0.251 e. The number of hydrogen-bond donors (Lipinski definition) is 1. The van der Waals surface area contributed by atoms with E-state index < -0.39 is 12.1 Å². The summed E-state index contributed by atoms with van der Waals surface area (Å²) in [7, 11) is 3.87. The van der Waals surface area contributed by atoms with E-state index in [4.69, 9.17) is 0 Å². The number of amides is 3. The van der Waals surface area contributed by atoms with E-state index in [0.29, 0.717) is 24.9 Å². The molecule has 0 aromatic heterocycles. The number of hydrogen-bond acceptors (Lipinski definition) is 5. The van der Waals surface area contributed by atoms with E-state index in [1.54, 1.807) is 21.9 Å². The molecule has 196 valence electrons. The summed E-state index contributed by atoms with van der Waals surface area (Å²) in [6, 6.07) is 5.68. The highest BCUT2D eigenvalue weighted by atomic mass is 16.2. The predicted octanol–water partition coefficient (Wildman–Crippen LogP) is 2.86. The Kier molecular flexibility index (Phi) is 8.00. The van der Waals surface area contributed by atoms with Crippen molar-refractivity contribution in [2.45, 2.75) is 76.9 Å². The quantitative estimate of drug-likeness (QED) is 0.627. The van der Waals surface area contributed by atoms with E-state index in [0.717, 1.165) is 31.4 Å². The van der Waals surface area contributed by atoms with Gasteiger partial charge in [0, 0.05) is 37.8 Å². The van der Waals surface area contributed by atoms with Gasteiger partial charge in [0.1, 0.15) is 12.1 Å². The first kappa shape index (κ1) is 26.2. The van der Waals surface area contributed by atoms with E-state index >= 15 is 0 Å². The van der Waals surface area contributed by atoms with Gasteiger partial charge in [-0.3, -0.25) is 19.2 Å². The Hall–Kier alpha value is -2.90. The standard InChI is InChI=1S/C28H40N4O4/c1-18(2)16-22(29-26(34)19-10-12-21(13-11-19)30(3)4)28(36)31-15-14-23-25(31)24(33)17-32(23)27(35)20-8-6-5-7-9-20/h10-13,18,20,22-23,25H,5-9,14-17H2,1-4H3,(H,29,34)/t22-,23?,25?/m0/s1. The highest BCUT2D eigenvalue weighted by Crippen LogP contribution is 2.34. The monoisotopic (exact) mass is 496 g/mol. The van der Waals surface area contributed by atoms with Gasteiger partial charge >= 0.3 is 0 Å². The van der Waals surface area contributed by atoms with Crippen LogP contribution in [0.1, 0.15) is 69.2 Å². The van der Waals surface area contributed by atoms with Crippen LogP contribution < -0.4 is 10.2 Å². The summed E-state index contributed by atoms with van der Waals surface area (Å²) in [5, 5.41) is 2.93.